The summed E-state index contributed by atoms with van der Waals surface area (Å²) < 4.78 is 5.45. The van der Waals surface area contributed by atoms with Crippen LogP contribution in [0.1, 0.15) is 51.9 Å². The monoisotopic (exact) mass is 348 g/mol. The molecule has 4 aliphatic rings. The minimum atomic E-state index is -0.185. The van der Waals surface area contributed by atoms with E-state index in [0.717, 1.165) is 84.3 Å². The zero-order chi connectivity index (χ0) is 17.4. The standard InChI is InChI=1S/C20H32N2O3/c1-15-13-17(15)18(23)21-9-6-20(7-10-21)5-2-8-22(19(20)24)14-16-3-11-25-12-4-16/h15-17H,2-14H2,1H3/t15-,17-/m1/s1. The first-order chi connectivity index (χ1) is 12.1. The van der Waals surface area contributed by atoms with Gasteiger partial charge in [-0.1, -0.05) is 6.92 Å². The highest BCUT2D eigenvalue weighted by Crippen LogP contribution is 2.44. The van der Waals surface area contributed by atoms with Gasteiger partial charge in [0, 0.05) is 45.3 Å². The summed E-state index contributed by atoms with van der Waals surface area (Å²) in [5.41, 5.74) is -0.185. The quantitative estimate of drug-likeness (QED) is 0.786. The first-order valence-electron chi connectivity index (χ1n) is 10.2. The van der Waals surface area contributed by atoms with Crippen LogP contribution in [0.5, 0.6) is 0 Å². The lowest BCUT2D eigenvalue weighted by atomic mass is 9.71. The Labute approximate surface area is 151 Å². The Bertz CT molecular complexity index is 521. The van der Waals surface area contributed by atoms with Gasteiger partial charge < -0.3 is 14.5 Å². The molecule has 0 aromatic carbocycles. The summed E-state index contributed by atoms with van der Waals surface area (Å²) >= 11 is 0. The Hall–Kier alpha value is -1.10. The second kappa shape index (κ2) is 6.90. The van der Waals surface area contributed by atoms with E-state index >= 15 is 0 Å². The molecule has 1 aliphatic carbocycles. The summed E-state index contributed by atoms with van der Waals surface area (Å²) in [5, 5.41) is 0. The zero-order valence-corrected chi connectivity index (χ0v) is 15.5. The van der Waals surface area contributed by atoms with E-state index in [2.05, 4.69) is 11.8 Å². The van der Waals surface area contributed by atoms with Crippen molar-refractivity contribution in [3.05, 3.63) is 0 Å². The van der Waals surface area contributed by atoms with Gasteiger partial charge in [-0.15, -0.1) is 0 Å². The second-order valence-corrected chi connectivity index (χ2v) is 8.84. The van der Waals surface area contributed by atoms with Crippen LogP contribution in [0, 0.1) is 23.2 Å². The molecule has 3 saturated heterocycles. The van der Waals surface area contributed by atoms with Gasteiger partial charge in [-0.3, -0.25) is 9.59 Å². The lowest BCUT2D eigenvalue weighted by Crippen LogP contribution is -2.55. The molecule has 5 nitrogen and oxygen atoms in total. The minimum Gasteiger partial charge on any atom is -0.381 e. The predicted molar refractivity (Wildman–Crippen MR) is 94.9 cm³/mol. The molecule has 2 amide bonds. The van der Waals surface area contributed by atoms with E-state index < -0.39 is 0 Å². The SMILES string of the molecule is C[C@@H]1C[C@H]1C(=O)N1CCC2(CCCN(CC3CCOCC3)C2=O)CC1. The molecule has 4 fully saturated rings. The van der Waals surface area contributed by atoms with Gasteiger partial charge in [-0.2, -0.15) is 0 Å². The van der Waals surface area contributed by atoms with E-state index in [0.29, 0.717) is 23.7 Å². The second-order valence-electron chi connectivity index (χ2n) is 8.84. The molecule has 4 rings (SSSR count). The molecule has 25 heavy (non-hydrogen) atoms. The lowest BCUT2D eigenvalue weighted by molar-refractivity contribution is -0.154. The number of piperidine rings is 2. The van der Waals surface area contributed by atoms with E-state index in [4.69, 9.17) is 4.74 Å². The van der Waals surface area contributed by atoms with E-state index in [1.807, 2.05) is 4.90 Å². The average molecular weight is 348 g/mol. The molecule has 0 aromatic heterocycles. The number of ether oxygens (including phenoxy) is 1. The van der Waals surface area contributed by atoms with Crippen LogP contribution >= 0.6 is 0 Å². The number of hydrogen-bond donors (Lipinski definition) is 0. The average Bonchev–Trinajstić information content (AvgIpc) is 3.37. The Morgan fingerprint density at radius 1 is 1.16 bits per heavy atom. The Morgan fingerprint density at radius 3 is 2.48 bits per heavy atom. The number of carbonyl (C=O) groups is 2. The summed E-state index contributed by atoms with van der Waals surface area (Å²) in [5.74, 6) is 2.14. The highest BCUT2D eigenvalue weighted by molar-refractivity contribution is 5.85. The van der Waals surface area contributed by atoms with Crippen LogP contribution in [-0.4, -0.2) is 61.0 Å². The van der Waals surface area contributed by atoms with Gasteiger partial charge in [0.05, 0.1) is 5.41 Å². The van der Waals surface area contributed by atoms with Crippen molar-refractivity contribution in [3.8, 4) is 0 Å². The van der Waals surface area contributed by atoms with E-state index in [-0.39, 0.29) is 11.3 Å². The molecule has 0 unspecified atom stereocenters. The number of rotatable bonds is 3. The fraction of sp³-hybridized carbons (Fsp3) is 0.900. The summed E-state index contributed by atoms with van der Waals surface area (Å²) in [6.07, 6.45) is 7.07. The van der Waals surface area contributed by atoms with Crippen molar-refractivity contribution in [2.45, 2.75) is 51.9 Å². The molecular weight excluding hydrogens is 316 g/mol. The first-order valence-corrected chi connectivity index (χ1v) is 10.2. The van der Waals surface area contributed by atoms with Crippen molar-refractivity contribution in [2.24, 2.45) is 23.2 Å². The Balaban J connectivity index is 1.35. The Kier molecular flexibility index (Phi) is 4.78. The smallest absolute Gasteiger partial charge is 0.228 e. The van der Waals surface area contributed by atoms with Crippen LogP contribution in [0.25, 0.3) is 0 Å². The third-order valence-corrected chi connectivity index (χ3v) is 7.10. The molecule has 1 spiro atoms. The van der Waals surface area contributed by atoms with E-state index in [1.54, 1.807) is 0 Å². The molecule has 0 radical (unpaired) electrons. The molecule has 3 heterocycles. The highest BCUT2D eigenvalue weighted by Gasteiger charge is 2.48. The topological polar surface area (TPSA) is 49.9 Å². The van der Waals surface area contributed by atoms with Crippen LogP contribution in [0.15, 0.2) is 0 Å². The number of likely N-dealkylation sites (tertiary alicyclic amines) is 2. The maximum Gasteiger partial charge on any atom is 0.228 e. The maximum atomic E-state index is 13.2. The van der Waals surface area contributed by atoms with Crippen LogP contribution < -0.4 is 0 Å². The van der Waals surface area contributed by atoms with Gasteiger partial charge in [-0.25, -0.2) is 0 Å². The molecule has 0 bridgehead atoms. The van der Waals surface area contributed by atoms with Gasteiger partial charge in [0.2, 0.25) is 11.8 Å². The molecule has 5 heteroatoms. The van der Waals surface area contributed by atoms with E-state index in [1.165, 1.54) is 0 Å². The highest BCUT2D eigenvalue weighted by atomic mass is 16.5. The molecule has 3 aliphatic heterocycles. The number of carbonyl (C=O) groups excluding carboxylic acids is 2. The number of hydrogen-bond acceptors (Lipinski definition) is 3. The first kappa shape index (κ1) is 17.3. The van der Waals surface area contributed by atoms with Gasteiger partial charge in [0.25, 0.3) is 0 Å². The van der Waals surface area contributed by atoms with Gasteiger partial charge in [-0.05, 0) is 56.8 Å². The van der Waals surface area contributed by atoms with Gasteiger partial charge in [0.1, 0.15) is 0 Å². The molecule has 0 N–H and O–H groups in total. The van der Waals surface area contributed by atoms with Crippen LogP contribution in [0.3, 0.4) is 0 Å². The summed E-state index contributed by atoms with van der Waals surface area (Å²) in [6, 6.07) is 0. The zero-order valence-electron chi connectivity index (χ0n) is 15.5. The van der Waals surface area contributed by atoms with Crippen molar-refractivity contribution >= 4 is 11.8 Å². The summed E-state index contributed by atoms with van der Waals surface area (Å²) in [7, 11) is 0. The fourth-order valence-electron chi connectivity index (χ4n) is 5.09. The third-order valence-electron chi connectivity index (χ3n) is 7.10. The van der Waals surface area contributed by atoms with Crippen molar-refractivity contribution in [1.82, 2.24) is 9.80 Å². The predicted octanol–water partition coefficient (Wildman–Crippen LogP) is 2.30. The maximum absolute atomic E-state index is 13.2. The molecular formula is C20H32N2O3. The van der Waals surface area contributed by atoms with Crippen molar-refractivity contribution in [3.63, 3.8) is 0 Å². The van der Waals surface area contributed by atoms with Crippen LogP contribution in [0.4, 0.5) is 0 Å². The van der Waals surface area contributed by atoms with Crippen molar-refractivity contribution in [1.29, 1.82) is 0 Å². The Morgan fingerprint density at radius 2 is 1.84 bits per heavy atom. The van der Waals surface area contributed by atoms with E-state index in [9.17, 15) is 9.59 Å². The molecule has 2 atom stereocenters. The summed E-state index contributed by atoms with van der Waals surface area (Å²) in [6.45, 7) is 7.22. The lowest BCUT2D eigenvalue weighted by Gasteiger charge is -2.47. The van der Waals surface area contributed by atoms with Crippen molar-refractivity contribution < 1.29 is 14.3 Å². The molecule has 0 aromatic rings. The minimum absolute atomic E-state index is 0.185. The fourth-order valence-corrected chi connectivity index (χ4v) is 5.09. The van der Waals surface area contributed by atoms with Crippen LogP contribution in [0.2, 0.25) is 0 Å². The van der Waals surface area contributed by atoms with Gasteiger partial charge in [0.15, 0.2) is 0 Å². The molecule has 140 valence electrons. The van der Waals surface area contributed by atoms with Crippen molar-refractivity contribution in [2.75, 3.05) is 39.4 Å². The largest absolute Gasteiger partial charge is 0.381 e. The number of amides is 2. The van der Waals surface area contributed by atoms with Gasteiger partial charge >= 0.3 is 0 Å². The normalized spacial score (nSPS) is 32.9. The summed E-state index contributed by atoms with van der Waals surface area (Å²) in [4.78, 5) is 29.9. The van der Waals surface area contributed by atoms with Crippen LogP contribution in [-0.2, 0) is 14.3 Å². The molecule has 1 saturated carbocycles. The third kappa shape index (κ3) is 3.44. The number of nitrogens with zero attached hydrogens (tertiary/aromatic N) is 2.